The lowest BCUT2D eigenvalue weighted by atomic mass is 10.1. The van der Waals surface area contributed by atoms with Crippen LogP contribution in [0.4, 0.5) is 0 Å². The van der Waals surface area contributed by atoms with E-state index in [2.05, 4.69) is 9.72 Å². The van der Waals surface area contributed by atoms with Gasteiger partial charge in [-0.3, -0.25) is 9.78 Å². The van der Waals surface area contributed by atoms with Gasteiger partial charge >= 0.3 is 11.9 Å². The number of rotatable bonds is 4. The number of carbonyl (C=O) groups is 2. The van der Waals surface area contributed by atoms with Crippen LogP contribution < -0.4 is 0 Å². The molecule has 1 heterocycles. The number of aliphatic carboxylic acids is 1. The molecule has 1 atom stereocenters. The van der Waals surface area contributed by atoms with Crippen molar-refractivity contribution in [2.75, 3.05) is 7.11 Å². The summed E-state index contributed by atoms with van der Waals surface area (Å²) in [6.45, 7) is 0. The zero-order chi connectivity index (χ0) is 12.1. The Labute approximate surface area is 91.5 Å². The van der Waals surface area contributed by atoms with Gasteiger partial charge in [0.05, 0.1) is 24.8 Å². The van der Waals surface area contributed by atoms with Crippen LogP contribution in [0.15, 0.2) is 18.3 Å². The Morgan fingerprint density at radius 1 is 1.50 bits per heavy atom. The summed E-state index contributed by atoms with van der Waals surface area (Å²) in [6, 6.07) is 2.80. The van der Waals surface area contributed by atoms with Crippen molar-refractivity contribution in [2.24, 2.45) is 0 Å². The molecule has 0 aromatic carbocycles. The molecule has 2 N–H and O–H groups in total. The molecule has 1 aromatic heterocycles. The van der Waals surface area contributed by atoms with Crippen molar-refractivity contribution in [1.82, 2.24) is 4.98 Å². The number of carboxylic acids is 1. The maximum absolute atomic E-state index is 11.1. The molecular formula is C10H11NO5. The smallest absolute Gasteiger partial charge is 0.339 e. The topological polar surface area (TPSA) is 96.7 Å². The summed E-state index contributed by atoms with van der Waals surface area (Å²) in [5.41, 5.74) is 0.448. The van der Waals surface area contributed by atoms with Gasteiger partial charge in [0.25, 0.3) is 0 Å². The first kappa shape index (κ1) is 12.1. The van der Waals surface area contributed by atoms with E-state index in [0.717, 1.165) is 0 Å². The summed E-state index contributed by atoms with van der Waals surface area (Å²) in [7, 11) is 1.25. The number of aliphatic hydroxyl groups excluding tert-OH is 1. The van der Waals surface area contributed by atoms with E-state index >= 15 is 0 Å². The first-order valence-electron chi connectivity index (χ1n) is 4.48. The number of carboxylic acid groups (broad SMARTS) is 1. The second-order valence-corrected chi connectivity index (χ2v) is 3.08. The number of aromatic nitrogens is 1. The van der Waals surface area contributed by atoms with Crippen molar-refractivity contribution < 1.29 is 24.5 Å². The molecular weight excluding hydrogens is 214 g/mol. The number of hydrogen-bond acceptors (Lipinski definition) is 5. The summed E-state index contributed by atoms with van der Waals surface area (Å²) in [4.78, 5) is 25.2. The van der Waals surface area contributed by atoms with Gasteiger partial charge < -0.3 is 14.9 Å². The Balaban J connectivity index is 2.78. The summed E-state index contributed by atoms with van der Waals surface area (Å²) < 4.78 is 4.47. The first-order chi connectivity index (χ1) is 7.54. The molecule has 0 fully saturated rings. The van der Waals surface area contributed by atoms with Gasteiger partial charge in [-0.25, -0.2) is 4.79 Å². The van der Waals surface area contributed by atoms with E-state index in [1.54, 1.807) is 0 Å². The predicted octanol–water partition coefficient (Wildman–Crippen LogP) is 0.376. The molecule has 16 heavy (non-hydrogen) atoms. The van der Waals surface area contributed by atoms with Gasteiger partial charge in [0.1, 0.15) is 6.10 Å². The molecule has 6 heteroatoms. The molecule has 1 rings (SSSR count). The first-order valence-corrected chi connectivity index (χ1v) is 4.48. The van der Waals surface area contributed by atoms with Gasteiger partial charge in [-0.1, -0.05) is 0 Å². The summed E-state index contributed by atoms with van der Waals surface area (Å²) >= 11 is 0. The van der Waals surface area contributed by atoms with Crippen LogP contribution in [0.2, 0.25) is 0 Å². The van der Waals surface area contributed by atoms with Gasteiger partial charge in [-0.15, -0.1) is 0 Å². The fourth-order valence-electron chi connectivity index (χ4n) is 1.11. The molecule has 0 spiro atoms. The number of aliphatic hydroxyl groups is 1. The van der Waals surface area contributed by atoms with E-state index in [9.17, 15) is 14.7 Å². The zero-order valence-corrected chi connectivity index (χ0v) is 8.58. The SMILES string of the molecule is COC(=O)c1ccc([C@@H](O)CC(=O)O)nc1. The van der Waals surface area contributed by atoms with Crippen LogP contribution in [0.5, 0.6) is 0 Å². The van der Waals surface area contributed by atoms with Crippen LogP contribution in [0.25, 0.3) is 0 Å². The summed E-state index contributed by atoms with van der Waals surface area (Å²) in [5, 5.41) is 17.9. The lowest BCUT2D eigenvalue weighted by Crippen LogP contribution is -2.08. The number of hydrogen-bond donors (Lipinski definition) is 2. The Hall–Kier alpha value is -1.95. The van der Waals surface area contributed by atoms with E-state index in [4.69, 9.17) is 5.11 Å². The van der Waals surface area contributed by atoms with Crippen molar-refractivity contribution in [2.45, 2.75) is 12.5 Å². The fourth-order valence-corrected chi connectivity index (χ4v) is 1.11. The second kappa shape index (κ2) is 5.22. The van der Waals surface area contributed by atoms with Gasteiger partial charge in [0.2, 0.25) is 0 Å². The second-order valence-electron chi connectivity index (χ2n) is 3.08. The standard InChI is InChI=1S/C10H11NO5/c1-16-10(15)6-2-3-7(11-5-6)8(12)4-9(13)14/h2-3,5,8,12H,4H2,1H3,(H,13,14)/t8-/m0/s1. The number of ether oxygens (including phenoxy) is 1. The Kier molecular flexibility index (Phi) is 3.96. The third kappa shape index (κ3) is 3.03. The third-order valence-electron chi connectivity index (χ3n) is 1.92. The van der Waals surface area contributed by atoms with E-state index < -0.39 is 24.5 Å². The number of carbonyl (C=O) groups excluding carboxylic acids is 1. The van der Waals surface area contributed by atoms with Crippen molar-refractivity contribution in [3.63, 3.8) is 0 Å². The van der Waals surface area contributed by atoms with Crippen molar-refractivity contribution in [3.8, 4) is 0 Å². The lowest BCUT2D eigenvalue weighted by Gasteiger charge is -2.07. The monoisotopic (exact) mass is 225 g/mol. The average Bonchev–Trinajstić information content (AvgIpc) is 2.27. The molecule has 0 aliphatic heterocycles. The maximum atomic E-state index is 11.1. The highest BCUT2D eigenvalue weighted by Gasteiger charge is 2.14. The van der Waals surface area contributed by atoms with Crippen LogP contribution in [0, 0.1) is 0 Å². The van der Waals surface area contributed by atoms with Gasteiger partial charge in [-0.05, 0) is 12.1 Å². The minimum atomic E-state index is -1.18. The quantitative estimate of drug-likeness (QED) is 0.719. The number of pyridine rings is 1. The molecule has 1 aromatic rings. The van der Waals surface area contributed by atoms with E-state index in [1.165, 1.54) is 25.4 Å². The summed E-state index contributed by atoms with van der Waals surface area (Å²) in [6.07, 6.45) is -0.374. The molecule has 0 saturated carbocycles. The van der Waals surface area contributed by atoms with Crippen molar-refractivity contribution >= 4 is 11.9 Å². The summed E-state index contributed by atoms with van der Waals surface area (Å²) in [5.74, 6) is -1.65. The highest BCUT2D eigenvalue weighted by Crippen LogP contribution is 2.14. The molecule has 0 amide bonds. The van der Waals surface area contributed by atoms with Crippen molar-refractivity contribution in [3.05, 3.63) is 29.6 Å². The van der Waals surface area contributed by atoms with E-state index in [-0.39, 0.29) is 11.3 Å². The molecule has 0 aliphatic rings. The highest BCUT2D eigenvalue weighted by molar-refractivity contribution is 5.88. The van der Waals surface area contributed by atoms with Crippen molar-refractivity contribution in [1.29, 1.82) is 0 Å². The Bertz CT molecular complexity index is 387. The van der Waals surface area contributed by atoms with E-state index in [0.29, 0.717) is 0 Å². The highest BCUT2D eigenvalue weighted by atomic mass is 16.5. The fraction of sp³-hybridized carbons (Fsp3) is 0.300. The molecule has 86 valence electrons. The number of esters is 1. The normalized spacial score (nSPS) is 11.9. The van der Waals surface area contributed by atoms with Gasteiger partial charge in [0, 0.05) is 6.20 Å². The molecule has 0 radical (unpaired) electrons. The number of nitrogens with zero attached hydrogens (tertiary/aromatic N) is 1. The van der Waals surface area contributed by atoms with E-state index in [1.807, 2.05) is 0 Å². The van der Waals surface area contributed by atoms with Crippen LogP contribution in [-0.4, -0.2) is 34.2 Å². The minimum absolute atomic E-state index is 0.204. The zero-order valence-electron chi connectivity index (χ0n) is 8.58. The third-order valence-corrected chi connectivity index (χ3v) is 1.92. The molecule has 6 nitrogen and oxygen atoms in total. The number of methoxy groups -OCH3 is 1. The lowest BCUT2D eigenvalue weighted by molar-refractivity contribution is -0.139. The maximum Gasteiger partial charge on any atom is 0.339 e. The minimum Gasteiger partial charge on any atom is -0.481 e. The molecule has 0 unspecified atom stereocenters. The average molecular weight is 225 g/mol. The Morgan fingerprint density at radius 3 is 2.62 bits per heavy atom. The van der Waals surface area contributed by atoms with Gasteiger partial charge in [-0.2, -0.15) is 0 Å². The van der Waals surface area contributed by atoms with Crippen LogP contribution in [-0.2, 0) is 9.53 Å². The predicted molar refractivity (Wildman–Crippen MR) is 52.8 cm³/mol. The molecule has 0 aliphatic carbocycles. The molecule has 0 saturated heterocycles. The van der Waals surface area contributed by atoms with Gasteiger partial charge in [0.15, 0.2) is 0 Å². The molecule has 0 bridgehead atoms. The van der Waals surface area contributed by atoms with Crippen LogP contribution in [0.3, 0.4) is 0 Å². The van der Waals surface area contributed by atoms with Crippen LogP contribution in [0.1, 0.15) is 28.6 Å². The largest absolute Gasteiger partial charge is 0.481 e. The van der Waals surface area contributed by atoms with Crippen LogP contribution >= 0.6 is 0 Å². The Morgan fingerprint density at radius 2 is 2.19 bits per heavy atom.